The average molecular weight is 319 g/mol. The summed E-state index contributed by atoms with van der Waals surface area (Å²) in [6.45, 7) is 13.5. The summed E-state index contributed by atoms with van der Waals surface area (Å²) in [6.07, 6.45) is 3.98. The van der Waals surface area contributed by atoms with Crippen molar-refractivity contribution in [2.45, 2.75) is 53.0 Å². The Morgan fingerprint density at radius 2 is 1.87 bits per heavy atom. The van der Waals surface area contributed by atoms with Gasteiger partial charge >= 0.3 is 0 Å². The van der Waals surface area contributed by atoms with Gasteiger partial charge in [0.1, 0.15) is 0 Å². The third-order valence-electron chi connectivity index (χ3n) is 4.57. The highest BCUT2D eigenvalue weighted by atomic mass is 16.1. The van der Waals surface area contributed by atoms with E-state index in [4.69, 9.17) is 0 Å². The van der Waals surface area contributed by atoms with Crippen LogP contribution in [0.5, 0.6) is 0 Å². The highest BCUT2D eigenvalue weighted by Gasteiger charge is 2.23. The van der Waals surface area contributed by atoms with Gasteiger partial charge < -0.3 is 5.32 Å². The number of nitrogens with one attached hydrogen (secondary N) is 1. The molecule has 1 aromatic rings. The first-order chi connectivity index (χ1) is 11.1. The van der Waals surface area contributed by atoms with E-state index in [1.54, 1.807) is 6.92 Å². The second-order valence-corrected chi connectivity index (χ2v) is 6.57. The lowest BCUT2D eigenvalue weighted by atomic mass is 10.0. The molecule has 1 atom stereocenters. The van der Waals surface area contributed by atoms with E-state index in [1.165, 1.54) is 45.4 Å². The van der Waals surface area contributed by atoms with E-state index in [0.717, 1.165) is 17.5 Å². The van der Waals surface area contributed by atoms with Crippen molar-refractivity contribution in [2.75, 3.05) is 26.2 Å². The summed E-state index contributed by atoms with van der Waals surface area (Å²) in [6, 6.07) is 10.1. The van der Waals surface area contributed by atoms with Gasteiger partial charge in [-0.2, -0.15) is 0 Å². The van der Waals surface area contributed by atoms with E-state index in [9.17, 15) is 4.79 Å². The summed E-state index contributed by atoms with van der Waals surface area (Å²) in [5.74, 6) is 1.01. The molecule has 1 saturated heterocycles. The number of ketones is 1. The molecule has 3 nitrogen and oxygen atoms in total. The summed E-state index contributed by atoms with van der Waals surface area (Å²) in [5, 5.41) is 3.36. The first-order valence-corrected chi connectivity index (χ1v) is 9.09. The molecule has 0 saturated carbocycles. The van der Waals surface area contributed by atoms with E-state index in [1.807, 2.05) is 30.3 Å². The molecule has 1 fully saturated rings. The molecule has 130 valence electrons. The van der Waals surface area contributed by atoms with Gasteiger partial charge in [-0.15, -0.1) is 0 Å². The summed E-state index contributed by atoms with van der Waals surface area (Å²) < 4.78 is 0. The Kier molecular flexibility index (Phi) is 9.81. The Hall–Kier alpha value is -1.19. The van der Waals surface area contributed by atoms with Crippen molar-refractivity contribution in [2.24, 2.45) is 5.92 Å². The number of hydrogen-bond donors (Lipinski definition) is 1. The van der Waals surface area contributed by atoms with Crippen molar-refractivity contribution in [1.29, 1.82) is 0 Å². The van der Waals surface area contributed by atoms with Crippen molar-refractivity contribution in [3.8, 4) is 0 Å². The summed E-state index contributed by atoms with van der Waals surface area (Å²) in [7, 11) is 0. The van der Waals surface area contributed by atoms with E-state index >= 15 is 0 Å². The van der Waals surface area contributed by atoms with E-state index < -0.39 is 0 Å². The molecule has 1 heterocycles. The molecule has 1 aliphatic heterocycles. The molecule has 0 bridgehead atoms. The van der Waals surface area contributed by atoms with Gasteiger partial charge in [0.15, 0.2) is 5.78 Å². The van der Waals surface area contributed by atoms with E-state index in [-0.39, 0.29) is 5.78 Å². The van der Waals surface area contributed by atoms with Crippen LogP contribution in [0.15, 0.2) is 30.3 Å². The van der Waals surface area contributed by atoms with Crippen molar-refractivity contribution < 1.29 is 4.79 Å². The normalized spacial score (nSPS) is 15.5. The number of benzene rings is 1. The second kappa shape index (κ2) is 11.4. The van der Waals surface area contributed by atoms with Gasteiger partial charge in [-0.1, -0.05) is 57.5 Å². The van der Waals surface area contributed by atoms with Crippen LogP contribution >= 0.6 is 0 Å². The van der Waals surface area contributed by atoms with Crippen LogP contribution in [0.2, 0.25) is 0 Å². The van der Waals surface area contributed by atoms with Crippen molar-refractivity contribution in [3.05, 3.63) is 35.9 Å². The number of nitrogens with zero attached hydrogens (tertiary/aromatic N) is 1. The molecule has 0 amide bonds. The SMILES string of the molecule is CC(=O)c1ccccc1.CCCN(CCC(C)CC)C1CNC1. The monoisotopic (exact) mass is 318 g/mol. The molecule has 23 heavy (non-hydrogen) atoms. The molecule has 1 unspecified atom stereocenters. The van der Waals surface area contributed by atoms with Crippen LogP contribution in [0.25, 0.3) is 0 Å². The zero-order valence-electron chi connectivity index (χ0n) is 15.3. The molecular formula is C20H34N2O. The van der Waals surface area contributed by atoms with Gasteiger partial charge in [0.25, 0.3) is 0 Å². The van der Waals surface area contributed by atoms with Gasteiger partial charge in [-0.05, 0) is 38.8 Å². The van der Waals surface area contributed by atoms with Crippen molar-refractivity contribution in [1.82, 2.24) is 10.2 Å². The minimum absolute atomic E-state index is 0.121. The minimum Gasteiger partial charge on any atom is -0.314 e. The smallest absolute Gasteiger partial charge is 0.159 e. The lowest BCUT2D eigenvalue weighted by molar-refractivity contribution is 0.101. The number of hydrogen-bond acceptors (Lipinski definition) is 3. The van der Waals surface area contributed by atoms with Crippen LogP contribution in [0, 0.1) is 5.92 Å². The third-order valence-corrected chi connectivity index (χ3v) is 4.57. The molecule has 0 aliphatic carbocycles. The minimum atomic E-state index is 0.121. The maximum Gasteiger partial charge on any atom is 0.159 e. The predicted octanol–water partition coefficient (Wildman–Crippen LogP) is 4.00. The first kappa shape index (κ1) is 19.9. The molecule has 1 aromatic carbocycles. The van der Waals surface area contributed by atoms with Gasteiger partial charge in [0, 0.05) is 24.7 Å². The molecule has 2 rings (SSSR count). The third kappa shape index (κ3) is 7.76. The number of carbonyl (C=O) groups excluding carboxylic acids is 1. The molecule has 0 aromatic heterocycles. The summed E-state index contributed by atoms with van der Waals surface area (Å²) in [4.78, 5) is 13.3. The zero-order valence-corrected chi connectivity index (χ0v) is 15.3. The Morgan fingerprint density at radius 3 is 2.26 bits per heavy atom. The Morgan fingerprint density at radius 1 is 1.22 bits per heavy atom. The fraction of sp³-hybridized carbons (Fsp3) is 0.650. The van der Waals surface area contributed by atoms with Crippen LogP contribution in [0.1, 0.15) is 57.3 Å². The Balaban J connectivity index is 0.000000253. The fourth-order valence-corrected chi connectivity index (χ4v) is 2.56. The predicted molar refractivity (Wildman–Crippen MR) is 99.0 cm³/mol. The van der Waals surface area contributed by atoms with Crippen LogP contribution in [0.3, 0.4) is 0 Å². The molecular weight excluding hydrogens is 284 g/mol. The molecule has 1 N–H and O–H groups in total. The largest absolute Gasteiger partial charge is 0.314 e. The quantitative estimate of drug-likeness (QED) is 0.735. The summed E-state index contributed by atoms with van der Waals surface area (Å²) >= 11 is 0. The van der Waals surface area contributed by atoms with Crippen molar-refractivity contribution >= 4 is 5.78 Å². The highest BCUT2D eigenvalue weighted by Crippen LogP contribution is 2.12. The molecule has 0 radical (unpaired) electrons. The fourth-order valence-electron chi connectivity index (χ4n) is 2.56. The second-order valence-electron chi connectivity index (χ2n) is 6.57. The van der Waals surface area contributed by atoms with Crippen molar-refractivity contribution in [3.63, 3.8) is 0 Å². The topological polar surface area (TPSA) is 32.3 Å². The van der Waals surface area contributed by atoms with Gasteiger partial charge in [0.05, 0.1) is 0 Å². The first-order valence-electron chi connectivity index (χ1n) is 9.09. The van der Waals surface area contributed by atoms with Crippen LogP contribution in [0.4, 0.5) is 0 Å². The Bertz CT molecular complexity index is 429. The van der Waals surface area contributed by atoms with Crippen LogP contribution in [-0.4, -0.2) is 42.9 Å². The Labute approximate surface area is 142 Å². The standard InChI is InChI=1S/C12H26N2.C8H8O/c1-4-7-14(12-9-13-10-12)8-6-11(3)5-2;1-7(9)8-5-3-2-4-6-8/h11-13H,4-10H2,1-3H3;2-6H,1H3. The van der Waals surface area contributed by atoms with E-state index in [0.29, 0.717) is 0 Å². The molecule has 1 aliphatic rings. The zero-order chi connectivity index (χ0) is 17.1. The van der Waals surface area contributed by atoms with Crippen LogP contribution < -0.4 is 5.32 Å². The van der Waals surface area contributed by atoms with Gasteiger partial charge in [-0.3, -0.25) is 9.69 Å². The lowest BCUT2D eigenvalue weighted by Gasteiger charge is -2.38. The number of rotatable bonds is 8. The van der Waals surface area contributed by atoms with Crippen LogP contribution in [-0.2, 0) is 0 Å². The summed E-state index contributed by atoms with van der Waals surface area (Å²) in [5.41, 5.74) is 0.775. The maximum atomic E-state index is 10.6. The van der Waals surface area contributed by atoms with Gasteiger partial charge in [0.2, 0.25) is 0 Å². The average Bonchev–Trinajstić information content (AvgIpc) is 2.52. The molecule has 0 spiro atoms. The van der Waals surface area contributed by atoms with E-state index in [2.05, 4.69) is 31.0 Å². The molecule has 3 heteroatoms. The maximum absolute atomic E-state index is 10.6. The number of carbonyl (C=O) groups is 1. The highest BCUT2D eigenvalue weighted by molar-refractivity contribution is 5.93. The van der Waals surface area contributed by atoms with Gasteiger partial charge in [-0.25, -0.2) is 0 Å². The number of Topliss-reactive ketones (excluding diaryl/α,β-unsaturated/α-hetero) is 1. The lowest BCUT2D eigenvalue weighted by Crippen LogP contribution is -2.57.